The van der Waals surface area contributed by atoms with Gasteiger partial charge in [-0.05, 0) is 18.2 Å². The van der Waals surface area contributed by atoms with Crippen LogP contribution in [0.5, 0.6) is 0 Å². The van der Waals surface area contributed by atoms with Crippen LogP contribution < -0.4 is 5.32 Å². The number of aromatic nitrogens is 1. The van der Waals surface area contributed by atoms with Gasteiger partial charge in [0.15, 0.2) is 0 Å². The molecule has 6 heteroatoms. The molecule has 0 aliphatic carbocycles. The zero-order valence-electron chi connectivity index (χ0n) is 9.08. The molecule has 0 aliphatic rings. The summed E-state index contributed by atoms with van der Waals surface area (Å²) in [6.07, 6.45) is -0.448. The van der Waals surface area contributed by atoms with E-state index in [1.54, 1.807) is 6.08 Å². The maximum absolute atomic E-state index is 12.2. The van der Waals surface area contributed by atoms with Gasteiger partial charge < -0.3 is 5.32 Å². The minimum absolute atomic E-state index is 0.171. The van der Waals surface area contributed by atoms with Gasteiger partial charge in [-0.1, -0.05) is 6.08 Å². The molecule has 0 spiro atoms. The van der Waals surface area contributed by atoms with Gasteiger partial charge in [-0.3, -0.25) is 9.78 Å². The fourth-order valence-corrected chi connectivity index (χ4v) is 1.05. The Hall–Kier alpha value is -1.85. The maximum atomic E-state index is 12.2. The van der Waals surface area contributed by atoms with Crippen molar-refractivity contribution in [2.24, 2.45) is 0 Å². The van der Waals surface area contributed by atoms with Crippen LogP contribution in [0, 0.1) is 0 Å². The minimum atomic E-state index is -4.37. The summed E-state index contributed by atoms with van der Waals surface area (Å²) in [6.45, 7) is 1.70. The van der Waals surface area contributed by atoms with Crippen molar-refractivity contribution in [1.82, 2.24) is 10.3 Å². The monoisotopic (exact) mass is 244 g/mol. The molecule has 1 aromatic rings. The quantitative estimate of drug-likeness (QED) is 0.886. The number of nitrogens with zero attached hydrogens (tertiary/aromatic N) is 1. The van der Waals surface area contributed by atoms with E-state index < -0.39 is 11.7 Å². The van der Waals surface area contributed by atoms with Crippen LogP contribution in [0.25, 0.3) is 6.08 Å². The van der Waals surface area contributed by atoms with E-state index >= 15 is 0 Å². The van der Waals surface area contributed by atoms with Gasteiger partial charge in [0.25, 0.3) is 0 Å². The largest absolute Gasteiger partial charge is 0.417 e. The number of hydrogen-bond acceptors (Lipinski definition) is 2. The van der Waals surface area contributed by atoms with Crippen LogP contribution in [-0.2, 0) is 11.0 Å². The lowest BCUT2D eigenvalue weighted by atomic mass is 10.2. The zero-order chi connectivity index (χ0) is 12.9. The average molecular weight is 244 g/mol. The smallest absolute Gasteiger partial charge is 0.353 e. The summed E-state index contributed by atoms with van der Waals surface area (Å²) in [5.41, 5.74) is -0.375. The highest BCUT2D eigenvalue weighted by atomic mass is 19.4. The molecule has 0 atom stereocenters. The third-order valence-electron chi connectivity index (χ3n) is 1.87. The summed E-state index contributed by atoms with van der Waals surface area (Å²) in [4.78, 5) is 14.2. The molecule has 1 N–H and O–H groups in total. The third-order valence-corrected chi connectivity index (χ3v) is 1.87. The molecule has 1 amide bonds. The van der Waals surface area contributed by atoms with Crippen molar-refractivity contribution >= 4 is 12.0 Å². The van der Waals surface area contributed by atoms with Crippen LogP contribution in [0.1, 0.15) is 18.2 Å². The second-order valence-corrected chi connectivity index (χ2v) is 3.31. The maximum Gasteiger partial charge on any atom is 0.417 e. The van der Waals surface area contributed by atoms with E-state index in [-0.39, 0.29) is 5.91 Å². The number of pyridine rings is 1. The van der Waals surface area contributed by atoms with Crippen LogP contribution in [0.3, 0.4) is 0 Å². The highest BCUT2D eigenvalue weighted by Gasteiger charge is 2.30. The fraction of sp³-hybridized carbons (Fsp3) is 0.273. The molecule has 0 radical (unpaired) electrons. The van der Waals surface area contributed by atoms with Crippen LogP contribution >= 0.6 is 0 Å². The molecular formula is C11H11F3N2O. The number of hydrogen-bond donors (Lipinski definition) is 1. The Morgan fingerprint density at radius 2 is 2.18 bits per heavy atom. The molecule has 0 aromatic carbocycles. The number of carbonyl (C=O) groups is 1. The number of nitrogens with one attached hydrogen (secondary N) is 1. The lowest BCUT2D eigenvalue weighted by molar-refractivity contribution is -0.137. The lowest BCUT2D eigenvalue weighted by Gasteiger charge is -2.05. The van der Waals surface area contributed by atoms with E-state index in [9.17, 15) is 18.0 Å². The van der Waals surface area contributed by atoms with Gasteiger partial charge >= 0.3 is 6.18 Å². The molecule has 0 saturated carbocycles. The van der Waals surface area contributed by atoms with Crippen molar-refractivity contribution in [3.63, 3.8) is 0 Å². The predicted octanol–water partition coefficient (Wildman–Crippen LogP) is 2.25. The summed E-state index contributed by atoms with van der Waals surface area (Å²) < 4.78 is 36.6. The van der Waals surface area contributed by atoms with E-state index in [1.807, 2.05) is 0 Å². The normalized spacial score (nSPS) is 11.8. The Bertz CT molecular complexity index is 410. The van der Waals surface area contributed by atoms with Gasteiger partial charge in [0.2, 0.25) is 5.91 Å². The Labute approximate surface area is 96.4 Å². The number of halogens is 3. The molecule has 0 bridgehead atoms. The molecule has 17 heavy (non-hydrogen) atoms. The Balaban J connectivity index is 2.60. The van der Waals surface area contributed by atoms with Crippen molar-refractivity contribution in [1.29, 1.82) is 0 Å². The first-order valence-electron chi connectivity index (χ1n) is 4.84. The van der Waals surface area contributed by atoms with E-state index in [2.05, 4.69) is 10.3 Å². The molecule has 1 aromatic heterocycles. The van der Waals surface area contributed by atoms with Crippen LogP contribution in [0.4, 0.5) is 13.2 Å². The predicted molar refractivity (Wildman–Crippen MR) is 57.0 cm³/mol. The SMILES string of the molecule is CC(=O)NCC=Cc1ccc(C(F)(F)F)cn1. The van der Waals surface area contributed by atoms with Gasteiger partial charge in [-0.15, -0.1) is 0 Å². The van der Waals surface area contributed by atoms with Gasteiger partial charge in [0, 0.05) is 19.7 Å². The summed E-state index contributed by atoms with van der Waals surface area (Å²) >= 11 is 0. The number of alkyl halides is 3. The van der Waals surface area contributed by atoms with E-state index in [4.69, 9.17) is 0 Å². The second kappa shape index (κ2) is 5.47. The van der Waals surface area contributed by atoms with Crippen LogP contribution in [0.15, 0.2) is 24.4 Å². The first-order chi connectivity index (χ1) is 7.89. The van der Waals surface area contributed by atoms with Gasteiger partial charge in [0.05, 0.1) is 11.3 Å². The second-order valence-electron chi connectivity index (χ2n) is 3.31. The third kappa shape index (κ3) is 4.67. The first kappa shape index (κ1) is 13.2. The van der Waals surface area contributed by atoms with Gasteiger partial charge in [0.1, 0.15) is 0 Å². The summed E-state index contributed by atoms with van der Waals surface area (Å²) in [7, 11) is 0. The summed E-state index contributed by atoms with van der Waals surface area (Å²) in [5, 5.41) is 2.52. The van der Waals surface area contributed by atoms with E-state index in [0.29, 0.717) is 12.2 Å². The van der Waals surface area contributed by atoms with Gasteiger partial charge in [-0.2, -0.15) is 13.2 Å². The summed E-state index contributed by atoms with van der Waals surface area (Å²) in [5.74, 6) is -0.171. The molecule has 0 saturated heterocycles. The van der Waals surface area contributed by atoms with Crippen molar-refractivity contribution < 1.29 is 18.0 Å². The van der Waals surface area contributed by atoms with Crippen LogP contribution in [0.2, 0.25) is 0 Å². The molecule has 1 heterocycles. The Kier molecular flexibility index (Phi) is 4.25. The highest BCUT2D eigenvalue weighted by molar-refractivity contribution is 5.73. The van der Waals surface area contributed by atoms with E-state index in [0.717, 1.165) is 12.3 Å². The molecule has 1 rings (SSSR count). The summed E-state index contributed by atoms with van der Waals surface area (Å²) in [6, 6.07) is 2.23. The standard InChI is InChI=1S/C11H11F3N2O/c1-8(17)15-6-2-3-10-5-4-9(7-16-10)11(12,13)14/h2-5,7H,6H2,1H3,(H,15,17). The lowest BCUT2D eigenvalue weighted by Crippen LogP contribution is -2.19. The molecular weight excluding hydrogens is 233 g/mol. The molecule has 92 valence electrons. The zero-order valence-corrected chi connectivity index (χ0v) is 9.08. The molecule has 0 fully saturated rings. The van der Waals surface area contributed by atoms with E-state index in [1.165, 1.54) is 19.1 Å². The van der Waals surface area contributed by atoms with Crippen molar-refractivity contribution in [3.05, 3.63) is 35.7 Å². The van der Waals surface area contributed by atoms with Gasteiger partial charge in [-0.25, -0.2) is 0 Å². The Morgan fingerprint density at radius 1 is 1.47 bits per heavy atom. The van der Waals surface area contributed by atoms with Crippen LogP contribution in [-0.4, -0.2) is 17.4 Å². The van der Waals surface area contributed by atoms with Crippen molar-refractivity contribution in [3.8, 4) is 0 Å². The minimum Gasteiger partial charge on any atom is -0.353 e. The number of carbonyl (C=O) groups excluding carboxylic acids is 1. The Morgan fingerprint density at radius 3 is 2.65 bits per heavy atom. The number of amides is 1. The molecule has 0 aliphatic heterocycles. The fourth-order valence-electron chi connectivity index (χ4n) is 1.05. The molecule has 3 nitrogen and oxygen atoms in total. The first-order valence-corrected chi connectivity index (χ1v) is 4.84. The number of rotatable bonds is 3. The highest BCUT2D eigenvalue weighted by Crippen LogP contribution is 2.28. The molecule has 0 unspecified atom stereocenters. The topological polar surface area (TPSA) is 42.0 Å². The van der Waals surface area contributed by atoms with Crippen molar-refractivity contribution in [2.45, 2.75) is 13.1 Å². The van der Waals surface area contributed by atoms with Crippen molar-refractivity contribution in [2.75, 3.05) is 6.54 Å². The average Bonchev–Trinajstić information content (AvgIpc) is 2.23.